The highest BCUT2D eigenvalue weighted by Gasteiger charge is 2.19. The Hall–Kier alpha value is -1.36. The summed E-state index contributed by atoms with van der Waals surface area (Å²) in [5.41, 5.74) is 1.59. The maximum Gasteiger partial charge on any atom is 0.254 e. The number of methoxy groups -OCH3 is 1. The van der Waals surface area contributed by atoms with E-state index in [2.05, 4.69) is 10.4 Å². The summed E-state index contributed by atoms with van der Waals surface area (Å²) in [5, 5.41) is 7.10. The third-order valence-electron chi connectivity index (χ3n) is 2.25. The average molecular weight is 195 g/mol. The van der Waals surface area contributed by atoms with Crippen molar-refractivity contribution in [1.82, 2.24) is 15.1 Å². The van der Waals surface area contributed by atoms with Gasteiger partial charge in [0.15, 0.2) is 0 Å². The van der Waals surface area contributed by atoms with Crippen LogP contribution in [0.1, 0.15) is 16.1 Å². The summed E-state index contributed by atoms with van der Waals surface area (Å²) >= 11 is 0. The molecular formula is C9H13N3O2. The molecule has 0 aromatic carbocycles. The van der Waals surface area contributed by atoms with Crippen molar-refractivity contribution in [3.8, 4) is 0 Å². The van der Waals surface area contributed by atoms with Crippen LogP contribution in [-0.2, 0) is 17.7 Å². The highest BCUT2D eigenvalue weighted by Crippen LogP contribution is 2.11. The van der Waals surface area contributed by atoms with Crippen molar-refractivity contribution >= 4 is 5.91 Å². The zero-order valence-electron chi connectivity index (χ0n) is 8.12. The maximum atomic E-state index is 11.4. The first-order chi connectivity index (χ1) is 6.81. The van der Waals surface area contributed by atoms with Crippen LogP contribution in [0, 0.1) is 0 Å². The molecule has 1 aromatic heterocycles. The standard InChI is InChI=1S/C9H13N3O2/c1-14-5-4-12-6-7-8(11-12)2-3-10-9(7)13/h6H,2-5H2,1H3,(H,10,13). The minimum absolute atomic E-state index is 0.0186. The van der Waals surface area contributed by atoms with Gasteiger partial charge in [-0.05, 0) is 0 Å². The Morgan fingerprint density at radius 1 is 1.71 bits per heavy atom. The second-order valence-electron chi connectivity index (χ2n) is 3.25. The molecule has 0 fully saturated rings. The first-order valence-corrected chi connectivity index (χ1v) is 4.64. The molecule has 0 radical (unpaired) electrons. The Labute approximate surface area is 82.0 Å². The number of hydrogen-bond acceptors (Lipinski definition) is 3. The fourth-order valence-electron chi connectivity index (χ4n) is 1.52. The van der Waals surface area contributed by atoms with Crippen LogP contribution >= 0.6 is 0 Å². The molecule has 0 unspecified atom stereocenters. The highest BCUT2D eigenvalue weighted by molar-refractivity contribution is 5.96. The third kappa shape index (κ3) is 1.63. The Morgan fingerprint density at radius 2 is 2.57 bits per heavy atom. The summed E-state index contributed by atoms with van der Waals surface area (Å²) in [6, 6.07) is 0. The molecule has 76 valence electrons. The SMILES string of the molecule is COCCn1cc2c(n1)CCNC2=O. The van der Waals surface area contributed by atoms with Crippen molar-refractivity contribution in [2.45, 2.75) is 13.0 Å². The lowest BCUT2D eigenvalue weighted by molar-refractivity contribution is 0.0946. The average Bonchev–Trinajstić information content (AvgIpc) is 2.59. The molecule has 0 saturated carbocycles. The minimum Gasteiger partial charge on any atom is -0.383 e. The molecule has 1 aromatic rings. The van der Waals surface area contributed by atoms with Crippen molar-refractivity contribution < 1.29 is 9.53 Å². The van der Waals surface area contributed by atoms with Crippen molar-refractivity contribution in [1.29, 1.82) is 0 Å². The van der Waals surface area contributed by atoms with Gasteiger partial charge in [0.1, 0.15) is 0 Å². The van der Waals surface area contributed by atoms with Crippen molar-refractivity contribution in [3.63, 3.8) is 0 Å². The van der Waals surface area contributed by atoms with Crippen LogP contribution in [0.3, 0.4) is 0 Å². The largest absolute Gasteiger partial charge is 0.383 e. The van der Waals surface area contributed by atoms with E-state index in [1.165, 1.54) is 0 Å². The molecule has 0 saturated heterocycles. The van der Waals surface area contributed by atoms with Gasteiger partial charge < -0.3 is 10.1 Å². The van der Waals surface area contributed by atoms with Crippen LogP contribution in [0.2, 0.25) is 0 Å². The summed E-state index contributed by atoms with van der Waals surface area (Å²) < 4.78 is 6.71. The van der Waals surface area contributed by atoms with Gasteiger partial charge >= 0.3 is 0 Å². The van der Waals surface area contributed by atoms with E-state index in [0.29, 0.717) is 25.3 Å². The summed E-state index contributed by atoms with van der Waals surface area (Å²) in [7, 11) is 1.65. The molecule has 0 aliphatic carbocycles. The number of rotatable bonds is 3. The van der Waals surface area contributed by atoms with Crippen molar-refractivity contribution in [2.75, 3.05) is 20.3 Å². The predicted octanol–water partition coefficient (Wildman–Crippen LogP) is -0.185. The molecule has 0 bridgehead atoms. The monoisotopic (exact) mass is 195 g/mol. The molecule has 1 amide bonds. The van der Waals surface area contributed by atoms with Crippen LogP contribution in [0.5, 0.6) is 0 Å². The van der Waals surface area contributed by atoms with E-state index >= 15 is 0 Å². The first-order valence-electron chi connectivity index (χ1n) is 4.64. The number of nitrogens with zero attached hydrogens (tertiary/aromatic N) is 2. The summed E-state index contributed by atoms with van der Waals surface area (Å²) in [6.45, 7) is 1.99. The molecule has 1 aliphatic heterocycles. The van der Waals surface area contributed by atoms with Gasteiger partial charge in [0.05, 0.1) is 24.4 Å². The fourth-order valence-corrected chi connectivity index (χ4v) is 1.52. The Bertz CT molecular complexity index is 346. The summed E-state index contributed by atoms with van der Waals surface area (Å²) in [6.07, 6.45) is 2.60. The number of fused-ring (bicyclic) bond motifs is 1. The molecule has 14 heavy (non-hydrogen) atoms. The zero-order valence-corrected chi connectivity index (χ0v) is 8.12. The molecular weight excluding hydrogens is 182 g/mol. The minimum atomic E-state index is -0.0186. The second-order valence-corrected chi connectivity index (χ2v) is 3.25. The lowest BCUT2D eigenvalue weighted by Gasteiger charge is -2.09. The Kier molecular flexibility index (Phi) is 2.49. The lowest BCUT2D eigenvalue weighted by Crippen LogP contribution is -2.31. The lowest BCUT2D eigenvalue weighted by atomic mass is 10.1. The number of hydrogen-bond donors (Lipinski definition) is 1. The third-order valence-corrected chi connectivity index (χ3v) is 2.25. The molecule has 1 N–H and O–H groups in total. The first kappa shape index (κ1) is 9.21. The summed E-state index contributed by atoms with van der Waals surface area (Å²) in [4.78, 5) is 11.4. The van der Waals surface area contributed by atoms with Gasteiger partial charge in [0, 0.05) is 26.3 Å². The number of aromatic nitrogens is 2. The van der Waals surface area contributed by atoms with E-state index in [0.717, 1.165) is 12.1 Å². The zero-order chi connectivity index (χ0) is 9.97. The van der Waals surface area contributed by atoms with Gasteiger partial charge in [0.25, 0.3) is 5.91 Å². The van der Waals surface area contributed by atoms with E-state index in [1.54, 1.807) is 18.0 Å². The topological polar surface area (TPSA) is 56.1 Å². The van der Waals surface area contributed by atoms with Gasteiger partial charge in [-0.2, -0.15) is 5.10 Å². The van der Waals surface area contributed by atoms with Crippen LogP contribution in [0.25, 0.3) is 0 Å². The van der Waals surface area contributed by atoms with E-state index in [9.17, 15) is 4.79 Å². The highest BCUT2D eigenvalue weighted by atomic mass is 16.5. The summed E-state index contributed by atoms with van der Waals surface area (Å²) in [5.74, 6) is -0.0186. The van der Waals surface area contributed by atoms with Crippen molar-refractivity contribution in [2.24, 2.45) is 0 Å². The van der Waals surface area contributed by atoms with Crippen LogP contribution in [0.15, 0.2) is 6.20 Å². The van der Waals surface area contributed by atoms with Gasteiger partial charge in [-0.3, -0.25) is 9.48 Å². The van der Waals surface area contributed by atoms with Gasteiger partial charge in [0.2, 0.25) is 0 Å². The number of nitrogens with one attached hydrogen (secondary N) is 1. The van der Waals surface area contributed by atoms with Gasteiger partial charge in [-0.25, -0.2) is 0 Å². The smallest absolute Gasteiger partial charge is 0.254 e. The number of carbonyl (C=O) groups is 1. The van der Waals surface area contributed by atoms with Gasteiger partial charge in [-0.1, -0.05) is 0 Å². The van der Waals surface area contributed by atoms with E-state index in [1.807, 2.05) is 0 Å². The maximum absolute atomic E-state index is 11.4. The van der Waals surface area contributed by atoms with Crippen LogP contribution in [-0.4, -0.2) is 35.9 Å². The number of ether oxygens (including phenoxy) is 1. The van der Waals surface area contributed by atoms with Crippen molar-refractivity contribution in [3.05, 3.63) is 17.5 Å². The van der Waals surface area contributed by atoms with E-state index in [-0.39, 0.29) is 5.91 Å². The molecule has 2 heterocycles. The molecule has 0 atom stereocenters. The molecule has 1 aliphatic rings. The molecule has 2 rings (SSSR count). The van der Waals surface area contributed by atoms with Crippen LogP contribution in [0.4, 0.5) is 0 Å². The number of amides is 1. The fraction of sp³-hybridized carbons (Fsp3) is 0.556. The Morgan fingerprint density at radius 3 is 3.29 bits per heavy atom. The molecule has 5 nitrogen and oxygen atoms in total. The molecule has 0 spiro atoms. The van der Waals surface area contributed by atoms with E-state index in [4.69, 9.17) is 4.74 Å². The predicted molar refractivity (Wildman–Crippen MR) is 50.1 cm³/mol. The van der Waals surface area contributed by atoms with Gasteiger partial charge in [-0.15, -0.1) is 0 Å². The molecule has 5 heteroatoms. The Balaban J connectivity index is 2.17. The van der Waals surface area contributed by atoms with E-state index < -0.39 is 0 Å². The normalized spacial score (nSPS) is 15.1. The van der Waals surface area contributed by atoms with Crippen LogP contribution < -0.4 is 5.32 Å². The quantitative estimate of drug-likeness (QED) is 0.727. The second kappa shape index (κ2) is 3.79. The number of carbonyl (C=O) groups excluding carboxylic acids is 1.